The maximum absolute atomic E-state index is 12.9. The highest BCUT2D eigenvalue weighted by atomic mass is 32.2. The molecule has 6 nitrogen and oxygen atoms in total. The van der Waals surface area contributed by atoms with E-state index in [0.717, 1.165) is 11.4 Å². The van der Waals surface area contributed by atoms with Gasteiger partial charge in [-0.15, -0.1) is 0 Å². The van der Waals surface area contributed by atoms with Crippen LogP contribution in [0.4, 0.5) is 11.4 Å². The first-order valence-electron chi connectivity index (χ1n) is 6.73. The molecule has 1 aliphatic heterocycles. The van der Waals surface area contributed by atoms with Crippen molar-refractivity contribution >= 4 is 32.8 Å². The van der Waals surface area contributed by atoms with E-state index in [1.807, 2.05) is 20.8 Å². The molecule has 0 spiro atoms. The minimum atomic E-state index is -3.61. The number of fused-ring (bicyclic) bond motifs is 1. The number of nitrogens with two attached hydrogens (primary N) is 1. The fourth-order valence-electron chi connectivity index (χ4n) is 2.04. The van der Waals surface area contributed by atoms with Crippen LogP contribution in [-0.2, 0) is 21.4 Å². The van der Waals surface area contributed by atoms with Crippen molar-refractivity contribution in [2.45, 2.75) is 25.7 Å². The van der Waals surface area contributed by atoms with Crippen LogP contribution in [0.15, 0.2) is 31.8 Å². The number of hydrogen-bond acceptors (Lipinski definition) is 5. The second kappa shape index (κ2) is 5.96. The highest BCUT2D eigenvalue weighted by Crippen LogP contribution is 2.38. The first-order chi connectivity index (χ1) is 9.81. The van der Waals surface area contributed by atoms with Gasteiger partial charge in [-0.25, -0.2) is 8.42 Å². The van der Waals surface area contributed by atoms with Crippen LogP contribution in [0.25, 0.3) is 0 Å². The molecule has 2 rings (SSSR count). The Bertz CT molecular complexity index is 707. The molecule has 1 heterocycles. The Morgan fingerprint density at radius 3 is 2.67 bits per heavy atom. The van der Waals surface area contributed by atoms with Crippen molar-refractivity contribution in [1.29, 1.82) is 0 Å². The largest absolute Gasteiger partial charge is 0.330 e. The fraction of sp³-hybridized carbons (Fsp3) is 0.538. The van der Waals surface area contributed by atoms with Crippen LogP contribution in [0.2, 0.25) is 0 Å². The van der Waals surface area contributed by atoms with Crippen LogP contribution in [0.1, 0.15) is 20.8 Å². The first-order valence-corrected chi connectivity index (χ1v) is 8.90. The van der Waals surface area contributed by atoms with Crippen LogP contribution >= 0.6 is 0 Å². The monoisotopic (exact) mass is 328 g/mol. The van der Waals surface area contributed by atoms with Gasteiger partial charge in [-0.1, -0.05) is 26.8 Å². The minimum absolute atomic E-state index is 0.212. The van der Waals surface area contributed by atoms with E-state index < -0.39 is 10.0 Å². The van der Waals surface area contributed by atoms with E-state index in [0.29, 0.717) is 31.0 Å². The maximum atomic E-state index is 12.9. The summed E-state index contributed by atoms with van der Waals surface area (Å²) in [5.41, 5.74) is 6.49. The van der Waals surface area contributed by atoms with Crippen molar-refractivity contribution in [1.82, 2.24) is 4.31 Å². The van der Waals surface area contributed by atoms with Gasteiger partial charge in [-0.05, 0) is 24.1 Å². The van der Waals surface area contributed by atoms with E-state index in [1.54, 1.807) is 18.2 Å². The van der Waals surface area contributed by atoms with E-state index in [9.17, 15) is 8.42 Å². The van der Waals surface area contributed by atoms with E-state index in [2.05, 4.69) is 8.73 Å². The summed E-state index contributed by atoms with van der Waals surface area (Å²) >= 11 is 1.02. The molecule has 2 N–H and O–H groups in total. The third-order valence-electron chi connectivity index (χ3n) is 3.38. The molecule has 0 atom stereocenters. The van der Waals surface area contributed by atoms with Gasteiger partial charge in [0.15, 0.2) is 0 Å². The molecule has 0 radical (unpaired) electrons. The Morgan fingerprint density at radius 2 is 2.05 bits per heavy atom. The highest BCUT2D eigenvalue weighted by Gasteiger charge is 2.31. The summed E-state index contributed by atoms with van der Waals surface area (Å²) in [6.45, 7) is 6.91. The summed E-state index contributed by atoms with van der Waals surface area (Å²) < 4.78 is 35.4. The molecule has 0 amide bonds. The van der Waals surface area contributed by atoms with Crippen LogP contribution in [0.3, 0.4) is 0 Å². The molecule has 1 aliphatic rings. The zero-order valence-electron chi connectivity index (χ0n) is 12.4. The first kappa shape index (κ1) is 16.3. The molecule has 0 fully saturated rings. The lowest BCUT2D eigenvalue weighted by molar-refractivity contribution is 0.273. The van der Waals surface area contributed by atoms with Gasteiger partial charge in [0.25, 0.3) is 0 Å². The van der Waals surface area contributed by atoms with Crippen molar-refractivity contribution < 1.29 is 8.42 Å². The predicted molar refractivity (Wildman–Crippen MR) is 85.3 cm³/mol. The number of rotatable bonds is 6. The molecular formula is C13H20N4O2S2. The Hall–Kier alpha value is -1.09. The van der Waals surface area contributed by atoms with Gasteiger partial charge in [-0.3, -0.25) is 0 Å². The molecule has 8 heteroatoms. The summed E-state index contributed by atoms with van der Waals surface area (Å²) in [7, 11) is -3.61. The van der Waals surface area contributed by atoms with E-state index in [-0.39, 0.29) is 10.3 Å². The Kier molecular flexibility index (Phi) is 4.62. The Balaban J connectivity index is 2.42. The van der Waals surface area contributed by atoms with Crippen LogP contribution in [-0.4, -0.2) is 32.4 Å². The molecule has 0 aromatic heterocycles. The van der Waals surface area contributed by atoms with Crippen molar-refractivity contribution in [2.75, 3.05) is 19.6 Å². The number of sulfonamides is 1. The van der Waals surface area contributed by atoms with Crippen molar-refractivity contribution in [3.8, 4) is 0 Å². The predicted octanol–water partition coefficient (Wildman–Crippen LogP) is 2.41. The Morgan fingerprint density at radius 1 is 1.33 bits per heavy atom. The lowest BCUT2D eigenvalue weighted by Gasteiger charge is -2.30. The summed E-state index contributed by atoms with van der Waals surface area (Å²) in [6.07, 6.45) is 0. The molecule has 1 aromatic carbocycles. The molecular weight excluding hydrogens is 308 g/mol. The van der Waals surface area contributed by atoms with Gasteiger partial charge in [0, 0.05) is 13.1 Å². The standard InChI is InChI=1S/C13H20N4O2S2/c1-4-17(9-13(2,3)8-14)21(18,19)11-7-5-6-10-12(11)16-20-15-10/h5-7H,4,8-9,14H2,1-3H3. The fourth-order valence-corrected chi connectivity index (χ4v) is 4.43. The Labute approximate surface area is 129 Å². The number of nitrogens with zero attached hydrogens (tertiary/aromatic N) is 3. The zero-order chi connectivity index (χ0) is 15.7. The summed E-state index contributed by atoms with van der Waals surface area (Å²) in [5, 5.41) is 0. The van der Waals surface area contributed by atoms with Crippen LogP contribution in [0.5, 0.6) is 0 Å². The van der Waals surface area contributed by atoms with E-state index in [1.165, 1.54) is 4.31 Å². The quantitative estimate of drug-likeness (QED) is 0.883. The van der Waals surface area contributed by atoms with Gasteiger partial charge in [0.2, 0.25) is 10.0 Å². The van der Waals surface area contributed by atoms with Gasteiger partial charge < -0.3 is 5.73 Å². The SMILES string of the molecule is CCN(CC(C)(C)CN)S(=O)(=O)c1cccc2c1N=S=N2. The number of benzene rings is 1. The molecule has 0 saturated heterocycles. The smallest absolute Gasteiger partial charge is 0.245 e. The summed E-state index contributed by atoms with van der Waals surface area (Å²) in [6, 6.07) is 5.04. The van der Waals surface area contributed by atoms with Crippen molar-refractivity contribution in [2.24, 2.45) is 19.9 Å². The lowest BCUT2D eigenvalue weighted by atomic mass is 9.94. The zero-order valence-corrected chi connectivity index (χ0v) is 14.0. The van der Waals surface area contributed by atoms with Gasteiger partial charge in [0.1, 0.15) is 16.3 Å². The minimum Gasteiger partial charge on any atom is -0.330 e. The van der Waals surface area contributed by atoms with Crippen molar-refractivity contribution in [3.63, 3.8) is 0 Å². The third kappa shape index (κ3) is 3.23. The van der Waals surface area contributed by atoms with Crippen molar-refractivity contribution in [3.05, 3.63) is 18.2 Å². The van der Waals surface area contributed by atoms with E-state index >= 15 is 0 Å². The molecule has 0 unspecified atom stereocenters. The molecule has 0 saturated carbocycles. The average Bonchev–Trinajstić information content (AvgIpc) is 2.92. The normalized spacial score (nSPS) is 14.3. The summed E-state index contributed by atoms with van der Waals surface area (Å²) in [5.74, 6) is 0. The van der Waals surface area contributed by atoms with E-state index in [4.69, 9.17) is 5.73 Å². The van der Waals surface area contributed by atoms with Gasteiger partial charge in [0.05, 0.1) is 11.4 Å². The second-order valence-electron chi connectivity index (χ2n) is 5.69. The van der Waals surface area contributed by atoms with Crippen LogP contribution < -0.4 is 5.73 Å². The maximum Gasteiger partial charge on any atom is 0.245 e. The average molecular weight is 328 g/mol. The highest BCUT2D eigenvalue weighted by molar-refractivity contribution is 7.89. The molecule has 0 aliphatic carbocycles. The molecule has 116 valence electrons. The lowest BCUT2D eigenvalue weighted by Crippen LogP contribution is -2.41. The molecule has 0 bridgehead atoms. The van der Waals surface area contributed by atoms with Crippen LogP contribution in [0, 0.1) is 5.41 Å². The molecule has 1 aromatic rings. The molecule has 21 heavy (non-hydrogen) atoms. The van der Waals surface area contributed by atoms with Gasteiger partial charge in [-0.2, -0.15) is 13.0 Å². The third-order valence-corrected chi connectivity index (χ3v) is 5.87. The second-order valence-corrected chi connectivity index (χ2v) is 8.12. The summed E-state index contributed by atoms with van der Waals surface area (Å²) in [4.78, 5) is 0.212. The topological polar surface area (TPSA) is 88.1 Å². The number of hydrogen-bond donors (Lipinski definition) is 1. The van der Waals surface area contributed by atoms with Gasteiger partial charge >= 0.3 is 0 Å².